The van der Waals surface area contributed by atoms with Crippen molar-refractivity contribution >= 4 is 5.97 Å². The molecule has 16 heavy (non-hydrogen) atoms. The number of esters is 1. The van der Waals surface area contributed by atoms with E-state index in [4.69, 9.17) is 19.9 Å². The molecule has 0 amide bonds. The number of carbonyl (C=O) groups is 1. The maximum absolute atomic E-state index is 11.6. The fourth-order valence-electron chi connectivity index (χ4n) is 1.20. The zero-order valence-electron chi connectivity index (χ0n) is 9.36. The van der Waals surface area contributed by atoms with Gasteiger partial charge in [0.25, 0.3) is 0 Å². The highest BCUT2D eigenvalue weighted by Gasteiger charge is 2.14. The second-order valence-corrected chi connectivity index (χ2v) is 2.99. The summed E-state index contributed by atoms with van der Waals surface area (Å²) in [4.78, 5) is 11.6. The van der Waals surface area contributed by atoms with Crippen molar-refractivity contribution in [3.8, 4) is 11.5 Å². The fraction of sp³-hybridized carbons (Fsp3) is 0.364. The lowest BCUT2D eigenvalue weighted by atomic mass is 10.2. The lowest BCUT2D eigenvalue weighted by Crippen LogP contribution is -2.14. The molecule has 5 heteroatoms. The molecule has 0 aliphatic heterocycles. The van der Waals surface area contributed by atoms with E-state index in [9.17, 15) is 4.79 Å². The molecule has 0 aliphatic carbocycles. The van der Waals surface area contributed by atoms with Gasteiger partial charge in [0.2, 0.25) is 0 Å². The molecule has 1 aromatic carbocycles. The van der Waals surface area contributed by atoms with Gasteiger partial charge < -0.3 is 19.9 Å². The highest BCUT2D eigenvalue weighted by atomic mass is 16.5. The first-order valence-corrected chi connectivity index (χ1v) is 4.82. The Hall–Kier alpha value is -1.75. The monoisotopic (exact) mass is 225 g/mol. The van der Waals surface area contributed by atoms with E-state index in [0.29, 0.717) is 23.6 Å². The van der Waals surface area contributed by atoms with Crippen molar-refractivity contribution in [1.82, 2.24) is 0 Å². The fourth-order valence-corrected chi connectivity index (χ4v) is 1.20. The molecule has 0 fully saturated rings. The lowest BCUT2D eigenvalue weighted by Gasteiger charge is -2.09. The molecule has 0 atom stereocenters. The van der Waals surface area contributed by atoms with Crippen LogP contribution in [0.5, 0.6) is 11.5 Å². The van der Waals surface area contributed by atoms with E-state index < -0.39 is 5.97 Å². The van der Waals surface area contributed by atoms with Crippen LogP contribution in [0.4, 0.5) is 0 Å². The van der Waals surface area contributed by atoms with Crippen molar-refractivity contribution < 1.29 is 19.0 Å². The molecule has 0 radical (unpaired) electrons. The minimum Gasteiger partial charge on any atom is -0.497 e. The summed E-state index contributed by atoms with van der Waals surface area (Å²) in [6, 6.07) is 4.89. The van der Waals surface area contributed by atoms with Crippen LogP contribution in [0.3, 0.4) is 0 Å². The van der Waals surface area contributed by atoms with Crippen LogP contribution in [0.15, 0.2) is 18.2 Å². The first-order chi connectivity index (χ1) is 7.72. The predicted octanol–water partition coefficient (Wildman–Crippen LogP) is 0.819. The number of benzene rings is 1. The smallest absolute Gasteiger partial charge is 0.341 e. The van der Waals surface area contributed by atoms with Gasteiger partial charge in [-0.3, -0.25) is 0 Å². The molecule has 0 aliphatic rings. The molecule has 1 aromatic rings. The van der Waals surface area contributed by atoms with Crippen LogP contribution in [0.2, 0.25) is 0 Å². The van der Waals surface area contributed by atoms with Crippen LogP contribution >= 0.6 is 0 Å². The zero-order chi connectivity index (χ0) is 12.0. The van der Waals surface area contributed by atoms with E-state index in [-0.39, 0.29) is 6.61 Å². The number of methoxy groups -OCH3 is 2. The summed E-state index contributed by atoms with van der Waals surface area (Å²) in [5.74, 6) is 0.582. The molecule has 0 spiro atoms. The van der Waals surface area contributed by atoms with Gasteiger partial charge in [-0.05, 0) is 12.1 Å². The number of hydrogen-bond donors (Lipinski definition) is 1. The summed E-state index contributed by atoms with van der Waals surface area (Å²) in [5, 5.41) is 0. The van der Waals surface area contributed by atoms with Crippen molar-refractivity contribution in [2.75, 3.05) is 27.4 Å². The quantitative estimate of drug-likeness (QED) is 0.751. The summed E-state index contributed by atoms with van der Waals surface area (Å²) in [6.07, 6.45) is 0. The van der Waals surface area contributed by atoms with E-state index in [0.717, 1.165) is 0 Å². The number of carbonyl (C=O) groups excluding carboxylic acids is 1. The van der Waals surface area contributed by atoms with Gasteiger partial charge in [0, 0.05) is 12.6 Å². The van der Waals surface area contributed by atoms with Gasteiger partial charge in [0.05, 0.1) is 14.2 Å². The van der Waals surface area contributed by atoms with Gasteiger partial charge in [0.1, 0.15) is 23.7 Å². The molecule has 0 unspecified atom stereocenters. The maximum Gasteiger partial charge on any atom is 0.341 e. The third-order valence-electron chi connectivity index (χ3n) is 1.98. The van der Waals surface area contributed by atoms with E-state index in [2.05, 4.69) is 0 Å². The molecule has 0 bridgehead atoms. The molecule has 0 aromatic heterocycles. The molecule has 0 heterocycles. The van der Waals surface area contributed by atoms with Crippen LogP contribution in [-0.2, 0) is 4.74 Å². The number of nitrogens with two attached hydrogens (primary N) is 1. The van der Waals surface area contributed by atoms with Crippen LogP contribution in [0.25, 0.3) is 0 Å². The Morgan fingerprint density at radius 2 is 2.06 bits per heavy atom. The van der Waals surface area contributed by atoms with Gasteiger partial charge in [-0.2, -0.15) is 0 Å². The molecule has 2 N–H and O–H groups in total. The maximum atomic E-state index is 11.6. The average Bonchev–Trinajstić information content (AvgIpc) is 2.34. The Morgan fingerprint density at radius 1 is 1.31 bits per heavy atom. The van der Waals surface area contributed by atoms with Crippen LogP contribution in [0.1, 0.15) is 10.4 Å². The van der Waals surface area contributed by atoms with Gasteiger partial charge >= 0.3 is 5.97 Å². The summed E-state index contributed by atoms with van der Waals surface area (Å²) in [7, 11) is 3.02. The normalized spacial score (nSPS) is 9.69. The Labute approximate surface area is 94.1 Å². The van der Waals surface area contributed by atoms with E-state index in [1.807, 2.05) is 0 Å². The van der Waals surface area contributed by atoms with Crippen molar-refractivity contribution in [2.24, 2.45) is 5.73 Å². The van der Waals surface area contributed by atoms with E-state index in [1.165, 1.54) is 7.11 Å². The summed E-state index contributed by atoms with van der Waals surface area (Å²) >= 11 is 0. The molecular formula is C11H15NO4. The van der Waals surface area contributed by atoms with Gasteiger partial charge in [-0.1, -0.05) is 0 Å². The molecule has 1 rings (SSSR count). The van der Waals surface area contributed by atoms with Crippen LogP contribution in [0, 0.1) is 0 Å². The molecular weight excluding hydrogens is 210 g/mol. The first kappa shape index (κ1) is 12.3. The Balaban J connectivity index is 2.90. The summed E-state index contributed by atoms with van der Waals surface area (Å²) in [5.41, 5.74) is 5.60. The second kappa shape index (κ2) is 5.97. The third-order valence-corrected chi connectivity index (χ3v) is 1.98. The molecule has 5 nitrogen and oxygen atoms in total. The first-order valence-electron chi connectivity index (χ1n) is 4.82. The molecule has 0 saturated carbocycles. The van der Waals surface area contributed by atoms with Crippen molar-refractivity contribution in [3.63, 3.8) is 0 Å². The Kier molecular flexibility index (Phi) is 4.60. The molecule has 88 valence electrons. The minimum absolute atomic E-state index is 0.189. The van der Waals surface area contributed by atoms with Crippen molar-refractivity contribution in [3.05, 3.63) is 23.8 Å². The highest BCUT2D eigenvalue weighted by molar-refractivity contribution is 5.92. The Morgan fingerprint density at radius 3 is 2.62 bits per heavy atom. The third kappa shape index (κ3) is 2.87. The largest absolute Gasteiger partial charge is 0.497 e. The molecule has 0 saturated heterocycles. The summed E-state index contributed by atoms with van der Waals surface area (Å²) < 4.78 is 15.0. The lowest BCUT2D eigenvalue weighted by molar-refractivity contribution is 0.0513. The zero-order valence-corrected chi connectivity index (χ0v) is 9.36. The van der Waals surface area contributed by atoms with Gasteiger partial charge in [-0.15, -0.1) is 0 Å². The van der Waals surface area contributed by atoms with Crippen LogP contribution in [-0.4, -0.2) is 33.3 Å². The average molecular weight is 225 g/mol. The Bertz CT molecular complexity index is 365. The van der Waals surface area contributed by atoms with Crippen molar-refractivity contribution in [1.29, 1.82) is 0 Å². The predicted molar refractivity (Wildman–Crippen MR) is 58.9 cm³/mol. The number of ether oxygens (including phenoxy) is 3. The standard InChI is InChI=1S/C11H15NO4/c1-14-8-3-4-9(10(7-8)15-2)11(13)16-6-5-12/h3-4,7H,5-6,12H2,1-2H3. The highest BCUT2D eigenvalue weighted by Crippen LogP contribution is 2.24. The van der Waals surface area contributed by atoms with Gasteiger partial charge in [0.15, 0.2) is 0 Å². The number of rotatable bonds is 5. The second-order valence-electron chi connectivity index (χ2n) is 2.99. The van der Waals surface area contributed by atoms with E-state index in [1.54, 1.807) is 25.3 Å². The topological polar surface area (TPSA) is 70.8 Å². The number of hydrogen-bond acceptors (Lipinski definition) is 5. The summed E-state index contributed by atoms with van der Waals surface area (Å²) in [6.45, 7) is 0.484. The SMILES string of the molecule is COc1ccc(C(=O)OCCN)c(OC)c1. The van der Waals surface area contributed by atoms with Gasteiger partial charge in [-0.25, -0.2) is 4.79 Å². The van der Waals surface area contributed by atoms with Crippen molar-refractivity contribution in [2.45, 2.75) is 0 Å². The van der Waals surface area contributed by atoms with E-state index >= 15 is 0 Å². The van der Waals surface area contributed by atoms with Crippen LogP contribution < -0.4 is 15.2 Å². The minimum atomic E-state index is -0.454.